The molecule has 1 saturated heterocycles. The van der Waals surface area contributed by atoms with Crippen LogP contribution in [0.25, 0.3) is 0 Å². The Morgan fingerprint density at radius 1 is 1.19 bits per heavy atom. The maximum atomic E-state index is 12.7. The van der Waals surface area contributed by atoms with Crippen LogP contribution in [0.3, 0.4) is 0 Å². The first-order valence-corrected chi connectivity index (χ1v) is 7.16. The van der Waals surface area contributed by atoms with E-state index >= 15 is 0 Å². The van der Waals surface area contributed by atoms with Crippen LogP contribution in [-0.2, 0) is 4.79 Å². The van der Waals surface area contributed by atoms with Gasteiger partial charge in [0.15, 0.2) is 0 Å². The standard InChI is InChI=1S/C15H20FN3O2/c16-13-3-1-12(2-4-13)15(21)19-8-7-18-14(20)9-11-5-6-17-10-11/h1-4,11,17H,5-10H2,(H,18,20)(H,19,21)/t11-/m0/s1. The van der Waals surface area contributed by atoms with E-state index in [-0.39, 0.29) is 17.6 Å². The van der Waals surface area contributed by atoms with Crippen molar-refractivity contribution >= 4 is 11.8 Å². The van der Waals surface area contributed by atoms with Crippen molar-refractivity contribution in [1.82, 2.24) is 16.0 Å². The minimum atomic E-state index is -0.375. The molecule has 1 aliphatic heterocycles. The number of hydrogen-bond acceptors (Lipinski definition) is 3. The van der Waals surface area contributed by atoms with Crippen molar-refractivity contribution in [2.45, 2.75) is 12.8 Å². The smallest absolute Gasteiger partial charge is 0.251 e. The van der Waals surface area contributed by atoms with Crippen LogP contribution in [0.2, 0.25) is 0 Å². The molecule has 1 heterocycles. The van der Waals surface area contributed by atoms with E-state index in [0.29, 0.717) is 31.0 Å². The van der Waals surface area contributed by atoms with Gasteiger partial charge in [-0.15, -0.1) is 0 Å². The zero-order chi connectivity index (χ0) is 15.1. The second kappa shape index (κ2) is 7.73. The van der Waals surface area contributed by atoms with Gasteiger partial charge in [-0.05, 0) is 49.7 Å². The number of hydrogen-bond donors (Lipinski definition) is 3. The Morgan fingerprint density at radius 2 is 1.90 bits per heavy atom. The molecule has 0 unspecified atom stereocenters. The molecule has 114 valence electrons. The van der Waals surface area contributed by atoms with Crippen molar-refractivity contribution in [1.29, 1.82) is 0 Å². The normalized spacial score (nSPS) is 17.5. The highest BCUT2D eigenvalue weighted by Gasteiger charge is 2.17. The third-order valence-corrected chi connectivity index (χ3v) is 3.48. The molecule has 6 heteroatoms. The minimum absolute atomic E-state index is 0.0136. The molecule has 2 rings (SSSR count). The van der Waals surface area contributed by atoms with Gasteiger partial charge in [0.1, 0.15) is 5.82 Å². The van der Waals surface area contributed by atoms with Crippen LogP contribution in [0.1, 0.15) is 23.2 Å². The number of halogens is 1. The van der Waals surface area contributed by atoms with E-state index < -0.39 is 0 Å². The fourth-order valence-corrected chi connectivity index (χ4v) is 2.30. The summed E-state index contributed by atoms with van der Waals surface area (Å²) in [5, 5.41) is 8.68. The molecule has 3 N–H and O–H groups in total. The number of benzene rings is 1. The van der Waals surface area contributed by atoms with Crippen LogP contribution < -0.4 is 16.0 Å². The summed E-state index contributed by atoms with van der Waals surface area (Å²) in [7, 11) is 0. The SMILES string of the molecule is O=C(C[C@@H]1CCNC1)NCCNC(=O)c1ccc(F)cc1. The second-order valence-electron chi connectivity index (χ2n) is 5.18. The van der Waals surface area contributed by atoms with Gasteiger partial charge in [0.2, 0.25) is 5.91 Å². The minimum Gasteiger partial charge on any atom is -0.354 e. The summed E-state index contributed by atoms with van der Waals surface area (Å²) in [6.07, 6.45) is 1.56. The van der Waals surface area contributed by atoms with Crippen molar-refractivity contribution < 1.29 is 14.0 Å². The molecule has 1 aliphatic rings. The van der Waals surface area contributed by atoms with Crippen molar-refractivity contribution in [3.05, 3.63) is 35.6 Å². The fourth-order valence-electron chi connectivity index (χ4n) is 2.30. The van der Waals surface area contributed by atoms with Gasteiger partial charge < -0.3 is 16.0 Å². The Bertz CT molecular complexity index is 484. The number of carbonyl (C=O) groups is 2. The van der Waals surface area contributed by atoms with Gasteiger partial charge in [-0.2, -0.15) is 0 Å². The lowest BCUT2D eigenvalue weighted by Crippen LogP contribution is -2.35. The van der Waals surface area contributed by atoms with Crippen LogP contribution in [0, 0.1) is 11.7 Å². The summed E-state index contributed by atoms with van der Waals surface area (Å²) < 4.78 is 12.7. The summed E-state index contributed by atoms with van der Waals surface area (Å²) in [6, 6.07) is 5.34. The summed E-state index contributed by atoms with van der Waals surface area (Å²) in [5.41, 5.74) is 0.403. The Labute approximate surface area is 123 Å². The van der Waals surface area contributed by atoms with E-state index in [1.165, 1.54) is 24.3 Å². The van der Waals surface area contributed by atoms with Gasteiger partial charge in [-0.3, -0.25) is 9.59 Å². The molecule has 1 atom stereocenters. The average molecular weight is 293 g/mol. The van der Waals surface area contributed by atoms with Crippen LogP contribution in [0.15, 0.2) is 24.3 Å². The average Bonchev–Trinajstić information content (AvgIpc) is 2.97. The molecule has 5 nitrogen and oxygen atoms in total. The van der Waals surface area contributed by atoms with Gasteiger partial charge >= 0.3 is 0 Å². The monoisotopic (exact) mass is 293 g/mol. The first-order valence-electron chi connectivity index (χ1n) is 7.16. The quantitative estimate of drug-likeness (QED) is 0.675. The molecular weight excluding hydrogens is 273 g/mol. The van der Waals surface area contributed by atoms with E-state index in [2.05, 4.69) is 16.0 Å². The molecule has 1 fully saturated rings. The summed E-state index contributed by atoms with van der Waals surface area (Å²) in [4.78, 5) is 23.4. The summed E-state index contributed by atoms with van der Waals surface area (Å²) >= 11 is 0. The third kappa shape index (κ3) is 5.15. The lowest BCUT2D eigenvalue weighted by molar-refractivity contribution is -0.121. The van der Waals surface area contributed by atoms with E-state index in [0.717, 1.165) is 19.5 Å². The zero-order valence-electron chi connectivity index (χ0n) is 11.8. The van der Waals surface area contributed by atoms with E-state index in [9.17, 15) is 14.0 Å². The van der Waals surface area contributed by atoms with Crippen molar-refractivity contribution in [3.8, 4) is 0 Å². The first kappa shape index (κ1) is 15.4. The molecule has 0 saturated carbocycles. The van der Waals surface area contributed by atoms with Crippen LogP contribution in [0.4, 0.5) is 4.39 Å². The molecule has 2 amide bonds. The van der Waals surface area contributed by atoms with Gasteiger partial charge in [0, 0.05) is 25.1 Å². The van der Waals surface area contributed by atoms with Crippen LogP contribution in [0.5, 0.6) is 0 Å². The molecule has 1 aromatic carbocycles. The summed E-state index contributed by atoms with van der Waals surface area (Å²) in [5.74, 6) is -0.219. The Hall–Kier alpha value is -1.95. The molecule has 0 aliphatic carbocycles. The van der Waals surface area contributed by atoms with Gasteiger partial charge in [-0.1, -0.05) is 0 Å². The van der Waals surface area contributed by atoms with E-state index in [1.54, 1.807) is 0 Å². The maximum Gasteiger partial charge on any atom is 0.251 e. The Kier molecular flexibility index (Phi) is 5.68. The molecule has 0 radical (unpaired) electrons. The number of amides is 2. The molecule has 1 aromatic rings. The molecule has 21 heavy (non-hydrogen) atoms. The van der Waals surface area contributed by atoms with Gasteiger partial charge in [-0.25, -0.2) is 4.39 Å². The second-order valence-corrected chi connectivity index (χ2v) is 5.18. The number of rotatable bonds is 6. The Balaban J connectivity index is 1.61. The highest BCUT2D eigenvalue weighted by atomic mass is 19.1. The van der Waals surface area contributed by atoms with Crippen LogP contribution >= 0.6 is 0 Å². The van der Waals surface area contributed by atoms with E-state index in [1.807, 2.05) is 0 Å². The topological polar surface area (TPSA) is 70.2 Å². The maximum absolute atomic E-state index is 12.7. The lowest BCUT2D eigenvalue weighted by Gasteiger charge is -2.10. The number of carbonyl (C=O) groups excluding carboxylic acids is 2. The third-order valence-electron chi connectivity index (χ3n) is 3.48. The zero-order valence-corrected chi connectivity index (χ0v) is 11.8. The lowest BCUT2D eigenvalue weighted by atomic mass is 10.0. The van der Waals surface area contributed by atoms with Gasteiger partial charge in [0.05, 0.1) is 0 Å². The van der Waals surface area contributed by atoms with Crippen molar-refractivity contribution in [3.63, 3.8) is 0 Å². The molecule has 0 spiro atoms. The largest absolute Gasteiger partial charge is 0.354 e. The van der Waals surface area contributed by atoms with Crippen molar-refractivity contribution in [2.75, 3.05) is 26.2 Å². The molecular formula is C15H20FN3O2. The predicted octanol–water partition coefficient (Wildman–Crippen LogP) is 0.671. The van der Waals surface area contributed by atoms with Crippen LogP contribution in [-0.4, -0.2) is 38.0 Å². The first-order chi connectivity index (χ1) is 10.1. The van der Waals surface area contributed by atoms with Crippen molar-refractivity contribution in [2.24, 2.45) is 5.92 Å². The summed E-state index contributed by atoms with van der Waals surface area (Å²) in [6.45, 7) is 2.62. The Morgan fingerprint density at radius 3 is 2.57 bits per heavy atom. The number of nitrogens with one attached hydrogen (secondary N) is 3. The predicted molar refractivity (Wildman–Crippen MR) is 77.3 cm³/mol. The van der Waals surface area contributed by atoms with E-state index in [4.69, 9.17) is 0 Å². The molecule has 0 aromatic heterocycles. The van der Waals surface area contributed by atoms with Gasteiger partial charge in [0.25, 0.3) is 5.91 Å². The molecule has 0 bridgehead atoms. The fraction of sp³-hybridized carbons (Fsp3) is 0.467. The highest BCUT2D eigenvalue weighted by Crippen LogP contribution is 2.11. The highest BCUT2D eigenvalue weighted by molar-refractivity contribution is 5.94.